The second-order valence-corrected chi connectivity index (χ2v) is 5.60. The van der Waals surface area contributed by atoms with Crippen LogP contribution in [0.3, 0.4) is 0 Å². The predicted octanol–water partition coefficient (Wildman–Crippen LogP) is 3.18. The Balaban J connectivity index is 2.16. The number of nitrogens with zero attached hydrogens (tertiary/aromatic N) is 1. The molecule has 2 aromatic rings. The topological polar surface area (TPSA) is 55.0 Å². The highest BCUT2D eigenvalue weighted by Gasteiger charge is 2.09. The van der Waals surface area contributed by atoms with Crippen molar-refractivity contribution in [2.24, 2.45) is 0 Å². The van der Waals surface area contributed by atoms with Gasteiger partial charge in [0.05, 0.1) is 6.61 Å². The van der Waals surface area contributed by atoms with E-state index < -0.39 is 0 Å². The maximum atomic E-state index is 12.1. The summed E-state index contributed by atoms with van der Waals surface area (Å²) in [7, 11) is 0. The number of hydrogen-bond donors (Lipinski definition) is 1. The van der Waals surface area contributed by atoms with Crippen LogP contribution < -0.4 is 10.3 Å². The van der Waals surface area contributed by atoms with Crippen molar-refractivity contribution in [2.45, 2.75) is 31.8 Å². The molecule has 0 spiro atoms. The number of benzene rings is 1. The van der Waals surface area contributed by atoms with E-state index in [9.17, 15) is 4.79 Å². The SMILES string of the molecule is CCCOc1ccc(Cc2c(C)nc(SC)[nH]c2=O)cc1. The van der Waals surface area contributed by atoms with Gasteiger partial charge in [0.25, 0.3) is 5.56 Å². The van der Waals surface area contributed by atoms with Crippen molar-refractivity contribution >= 4 is 11.8 Å². The van der Waals surface area contributed by atoms with Crippen LogP contribution in [0, 0.1) is 6.92 Å². The molecule has 0 radical (unpaired) electrons. The number of aromatic amines is 1. The Morgan fingerprint density at radius 1 is 1.29 bits per heavy atom. The number of hydrogen-bond acceptors (Lipinski definition) is 4. The van der Waals surface area contributed by atoms with Gasteiger partial charge in [-0.3, -0.25) is 4.79 Å². The number of nitrogens with one attached hydrogen (secondary N) is 1. The van der Waals surface area contributed by atoms with Crippen molar-refractivity contribution in [3.63, 3.8) is 0 Å². The quantitative estimate of drug-likeness (QED) is 0.658. The zero-order valence-corrected chi connectivity index (χ0v) is 13.4. The van der Waals surface area contributed by atoms with E-state index >= 15 is 0 Å². The highest BCUT2D eigenvalue weighted by Crippen LogP contribution is 2.16. The molecule has 1 heterocycles. The molecule has 2 rings (SSSR count). The van der Waals surface area contributed by atoms with Crippen LogP contribution in [0.4, 0.5) is 0 Å². The number of ether oxygens (including phenoxy) is 1. The highest BCUT2D eigenvalue weighted by molar-refractivity contribution is 7.98. The van der Waals surface area contributed by atoms with Crippen LogP contribution in [0.25, 0.3) is 0 Å². The summed E-state index contributed by atoms with van der Waals surface area (Å²) in [6.07, 6.45) is 3.47. The lowest BCUT2D eigenvalue weighted by molar-refractivity contribution is 0.317. The molecule has 0 bridgehead atoms. The summed E-state index contributed by atoms with van der Waals surface area (Å²) in [6.45, 7) is 4.68. The Bertz CT molecular complexity index is 650. The maximum absolute atomic E-state index is 12.1. The van der Waals surface area contributed by atoms with Gasteiger partial charge in [-0.2, -0.15) is 0 Å². The first kappa shape index (κ1) is 15.6. The third-order valence-electron chi connectivity index (χ3n) is 3.17. The largest absolute Gasteiger partial charge is 0.494 e. The Morgan fingerprint density at radius 2 is 2.00 bits per heavy atom. The fraction of sp³-hybridized carbons (Fsp3) is 0.375. The van der Waals surface area contributed by atoms with E-state index in [1.165, 1.54) is 11.8 Å². The summed E-state index contributed by atoms with van der Waals surface area (Å²) in [6, 6.07) is 7.87. The Hall–Kier alpha value is -1.75. The molecule has 21 heavy (non-hydrogen) atoms. The van der Waals surface area contributed by atoms with Gasteiger partial charge in [0.15, 0.2) is 5.16 Å². The van der Waals surface area contributed by atoms with E-state index in [0.29, 0.717) is 11.6 Å². The molecule has 0 aliphatic heterocycles. The number of thioether (sulfide) groups is 1. The van der Waals surface area contributed by atoms with Crippen LogP contribution in [0.15, 0.2) is 34.2 Å². The number of aromatic nitrogens is 2. The first-order valence-electron chi connectivity index (χ1n) is 6.99. The number of aryl methyl sites for hydroxylation is 1. The molecule has 0 aliphatic rings. The van der Waals surface area contributed by atoms with Crippen molar-refractivity contribution in [1.82, 2.24) is 9.97 Å². The minimum Gasteiger partial charge on any atom is -0.494 e. The van der Waals surface area contributed by atoms with Gasteiger partial charge in [-0.25, -0.2) is 4.98 Å². The lowest BCUT2D eigenvalue weighted by Crippen LogP contribution is -2.17. The highest BCUT2D eigenvalue weighted by atomic mass is 32.2. The smallest absolute Gasteiger partial charge is 0.255 e. The number of H-pyrrole nitrogens is 1. The molecule has 0 fully saturated rings. The molecule has 4 nitrogen and oxygen atoms in total. The molecule has 112 valence electrons. The minimum atomic E-state index is -0.0573. The van der Waals surface area contributed by atoms with Gasteiger partial charge in [0.1, 0.15) is 5.75 Å². The van der Waals surface area contributed by atoms with Crippen LogP contribution in [-0.2, 0) is 6.42 Å². The van der Waals surface area contributed by atoms with Crippen LogP contribution in [0.5, 0.6) is 5.75 Å². The second kappa shape index (κ2) is 7.31. The standard InChI is InChI=1S/C16H20N2O2S/c1-4-9-20-13-7-5-12(6-8-13)10-14-11(2)17-16(21-3)18-15(14)19/h5-8H,4,9-10H2,1-3H3,(H,17,18,19). The average molecular weight is 304 g/mol. The lowest BCUT2D eigenvalue weighted by Gasteiger charge is -2.08. The van der Waals surface area contributed by atoms with Gasteiger partial charge in [-0.15, -0.1) is 0 Å². The fourth-order valence-corrected chi connectivity index (χ4v) is 2.44. The van der Waals surface area contributed by atoms with E-state index in [4.69, 9.17) is 4.74 Å². The Labute approximate surface area is 129 Å². The van der Waals surface area contributed by atoms with Crippen molar-refractivity contribution in [3.8, 4) is 5.75 Å². The summed E-state index contributed by atoms with van der Waals surface area (Å²) in [5.74, 6) is 0.863. The van der Waals surface area contributed by atoms with Crippen molar-refractivity contribution < 1.29 is 4.74 Å². The molecule has 0 saturated heterocycles. The van der Waals surface area contributed by atoms with Gasteiger partial charge < -0.3 is 9.72 Å². The summed E-state index contributed by atoms with van der Waals surface area (Å²) in [5.41, 5.74) is 2.52. The molecule has 0 atom stereocenters. The fourth-order valence-electron chi connectivity index (χ4n) is 2.02. The predicted molar refractivity (Wildman–Crippen MR) is 86.4 cm³/mol. The van der Waals surface area contributed by atoms with Gasteiger partial charge in [-0.05, 0) is 37.3 Å². The van der Waals surface area contributed by atoms with E-state index in [-0.39, 0.29) is 5.56 Å². The third kappa shape index (κ3) is 4.11. The average Bonchev–Trinajstić information content (AvgIpc) is 2.49. The van der Waals surface area contributed by atoms with Crippen molar-refractivity contribution in [1.29, 1.82) is 0 Å². The first-order valence-corrected chi connectivity index (χ1v) is 8.22. The van der Waals surface area contributed by atoms with Crippen LogP contribution >= 0.6 is 11.8 Å². The molecule has 0 amide bonds. The first-order chi connectivity index (χ1) is 10.1. The zero-order valence-electron chi connectivity index (χ0n) is 12.6. The maximum Gasteiger partial charge on any atom is 0.255 e. The molecule has 1 aromatic carbocycles. The normalized spacial score (nSPS) is 10.6. The van der Waals surface area contributed by atoms with E-state index in [1.54, 1.807) is 0 Å². The van der Waals surface area contributed by atoms with Crippen LogP contribution in [-0.4, -0.2) is 22.8 Å². The van der Waals surface area contributed by atoms with E-state index in [1.807, 2.05) is 37.4 Å². The summed E-state index contributed by atoms with van der Waals surface area (Å²) < 4.78 is 5.56. The second-order valence-electron chi connectivity index (χ2n) is 4.81. The molecular weight excluding hydrogens is 284 g/mol. The van der Waals surface area contributed by atoms with E-state index in [2.05, 4.69) is 16.9 Å². The van der Waals surface area contributed by atoms with Gasteiger partial charge in [0.2, 0.25) is 0 Å². The van der Waals surface area contributed by atoms with Crippen molar-refractivity contribution in [2.75, 3.05) is 12.9 Å². The monoisotopic (exact) mass is 304 g/mol. The van der Waals surface area contributed by atoms with Crippen molar-refractivity contribution in [3.05, 3.63) is 51.4 Å². The summed E-state index contributed by atoms with van der Waals surface area (Å²) >= 11 is 1.44. The molecule has 1 N–H and O–H groups in total. The Morgan fingerprint density at radius 3 is 2.57 bits per heavy atom. The number of rotatable bonds is 6. The molecule has 0 unspecified atom stereocenters. The molecule has 0 saturated carbocycles. The Kier molecular flexibility index (Phi) is 5.44. The summed E-state index contributed by atoms with van der Waals surface area (Å²) in [4.78, 5) is 19.3. The zero-order chi connectivity index (χ0) is 15.2. The van der Waals surface area contributed by atoms with E-state index in [0.717, 1.165) is 35.6 Å². The molecule has 0 aliphatic carbocycles. The molecule has 5 heteroatoms. The van der Waals surface area contributed by atoms with Gasteiger partial charge in [-0.1, -0.05) is 30.8 Å². The molecule has 1 aromatic heterocycles. The lowest BCUT2D eigenvalue weighted by atomic mass is 10.1. The van der Waals surface area contributed by atoms with Crippen LogP contribution in [0.2, 0.25) is 0 Å². The molecular formula is C16H20N2O2S. The van der Waals surface area contributed by atoms with Gasteiger partial charge >= 0.3 is 0 Å². The summed E-state index contributed by atoms with van der Waals surface area (Å²) in [5, 5.41) is 0.657. The minimum absolute atomic E-state index is 0.0573. The van der Waals surface area contributed by atoms with Crippen LogP contribution in [0.1, 0.15) is 30.2 Å². The van der Waals surface area contributed by atoms with Gasteiger partial charge in [0, 0.05) is 17.7 Å². The third-order valence-corrected chi connectivity index (χ3v) is 3.75.